The number of carbonyl (C=O) groups excluding carboxylic acids is 1. The Morgan fingerprint density at radius 2 is 1.31 bits per heavy atom. The lowest BCUT2D eigenvalue weighted by molar-refractivity contribution is 0.0944. The topological polar surface area (TPSA) is 47.6 Å². The van der Waals surface area contributed by atoms with Gasteiger partial charge in [0.25, 0.3) is 5.91 Å². The van der Waals surface area contributed by atoms with Gasteiger partial charge in [0.05, 0.1) is 6.54 Å². The van der Waals surface area contributed by atoms with Crippen molar-refractivity contribution in [3.05, 3.63) is 96.1 Å². The average molecular weight is 347 g/mol. The second-order valence-electron chi connectivity index (χ2n) is 5.68. The molecule has 0 spiro atoms. The van der Waals surface area contributed by atoms with Gasteiger partial charge in [-0.05, 0) is 30.3 Å². The normalized spacial score (nSPS) is 10.2. The Bertz CT molecular complexity index is 819. The van der Waals surface area contributed by atoms with E-state index < -0.39 is 0 Å². The molecule has 0 heterocycles. The van der Waals surface area contributed by atoms with Crippen LogP contribution in [0.25, 0.3) is 0 Å². The predicted octanol–water partition coefficient (Wildman–Crippen LogP) is 4.07. The van der Waals surface area contributed by atoms with Crippen molar-refractivity contribution >= 4 is 5.91 Å². The minimum Gasteiger partial charge on any atom is -0.492 e. The largest absolute Gasteiger partial charge is 0.492 e. The summed E-state index contributed by atoms with van der Waals surface area (Å²) >= 11 is 0. The highest BCUT2D eigenvalue weighted by Crippen LogP contribution is 2.15. The number of benzene rings is 3. The Hall–Kier alpha value is -3.27. The lowest BCUT2D eigenvalue weighted by atomic mass is 10.1. The van der Waals surface area contributed by atoms with Crippen LogP contribution in [0.5, 0.6) is 11.5 Å². The van der Waals surface area contributed by atoms with Crippen molar-refractivity contribution in [3.8, 4) is 11.5 Å². The van der Waals surface area contributed by atoms with Gasteiger partial charge in [-0.1, -0.05) is 54.6 Å². The van der Waals surface area contributed by atoms with Crippen LogP contribution in [-0.4, -0.2) is 19.1 Å². The Balaban J connectivity index is 1.52. The van der Waals surface area contributed by atoms with Crippen molar-refractivity contribution in [2.45, 2.75) is 6.61 Å². The molecule has 26 heavy (non-hydrogen) atoms. The zero-order valence-electron chi connectivity index (χ0n) is 14.4. The number of ether oxygens (including phenoxy) is 2. The first-order valence-corrected chi connectivity index (χ1v) is 8.55. The summed E-state index contributed by atoms with van der Waals surface area (Å²) in [6, 6.07) is 26.5. The highest BCUT2D eigenvalue weighted by Gasteiger charge is 2.11. The van der Waals surface area contributed by atoms with Crippen molar-refractivity contribution in [1.82, 2.24) is 5.32 Å². The molecule has 0 aliphatic rings. The maximum Gasteiger partial charge on any atom is 0.251 e. The first-order valence-electron chi connectivity index (χ1n) is 8.55. The zero-order valence-corrected chi connectivity index (χ0v) is 14.4. The van der Waals surface area contributed by atoms with E-state index in [4.69, 9.17) is 9.47 Å². The molecule has 4 nitrogen and oxygen atoms in total. The van der Waals surface area contributed by atoms with Crippen molar-refractivity contribution in [2.75, 3.05) is 13.2 Å². The fourth-order valence-corrected chi connectivity index (χ4v) is 2.49. The van der Waals surface area contributed by atoms with Gasteiger partial charge in [-0.15, -0.1) is 0 Å². The third-order valence-electron chi connectivity index (χ3n) is 3.80. The molecule has 3 aromatic carbocycles. The van der Waals surface area contributed by atoms with Crippen LogP contribution in [0.4, 0.5) is 0 Å². The second kappa shape index (κ2) is 9.28. The zero-order chi connectivity index (χ0) is 18.0. The molecule has 0 aliphatic heterocycles. The van der Waals surface area contributed by atoms with Gasteiger partial charge in [-0.2, -0.15) is 0 Å². The summed E-state index contributed by atoms with van der Waals surface area (Å²) in [5, 5.41) is 2.89. The first-order chi connectivity index (χ1) is 12.8. The molecular weight excluding hydrogens is 326 g/mol. The van der Waals surface area contributed by atoms with Crippen LogP contribution in [0.2, 0.25) is 0 Å². The minimum atomic E-state index is -0.131. The van der Waals surface area contributed by atoms with Gasteiger partial charge in [0, 0.05) is 11.1 Å². The van der Waals surface area contributed by atoms with Gasteiger partial charge < -0.3 is 14.8 Å². The van der Waals surface area contributed by atoms with E-state index >= 15 is 0 Å². The molecule has 0 aromatic heterocycles. The van der Waals surface area contributed by atoms with E-state index in [0.29, 0.717) is 25.3 Å². The van der Waals surface area contributed by atoms with Crippen LogP contribution in [0.15, 0.2) is 84.9 Å². The molecule has 1 amide bonds. The molecule has 0 fully saturated rings. The van der Waals surface area contributed by atoms with E-state index in [2.05, 4.69) is 5.32 Å². The van der Waals surface area contributed by atoms with Crippen molar-refractivity contribution in [2.24, 2.45) is 0 Å². The molecule has 0 unspecified atom stereocenters. The van der Waals surface area contributed by atoms with Crippen molar-refractivity contribution < 1.29 is 14.3 Å². The Morgan fingerprint density at radius 1 is 0.731 bits per heavy atom. The molecule has 132 valence electrons. The third kappa shape index (κ3) is 5.11. The predicted molar refractivity (Wildman–Crippen MR) is 101 cm³/mol. The SMILES string of the molecule is O=C(NCCOc1ccccc1)c1ccccc1COc1ccccc1. The number of hydrogen-bond donors (Lipinski definition) is 1. The summed E-state index contributed by atoms with van der Waals surface area (Å²) in [6.07, 6.45) is 0. The molecule has 1 N–H and O–H groups in total. The fraction of sp³-hybridized carbons (Fsp3) is 0.136. The summed E-state index contributed by atoms with van der Waals surface area (Å²) in [7, 11) is 0. The number of carbonyl (C=O) groups is 1. The molecule has 3 aromatic rings. The van der Waals surface area contributed by atoms with Crippen LogP contribution in [0, 0.1) is 0 Å². The lowest BCUT2D eigenvalue weighted by Crippen LogP contribution is -2.29. The van der Waals surface area contributed by atoms with Crippen LogP contribution >= 0.6 is 0 Å². The molecule has 4 heteroatoms. The monoisotopic (exact) mass is 347 g/mol. The smallest absolute Gasteiger partial charge is 0.251 e. The van der Waals surface area contributed by atoms with Crippen LogP contribution in [-0.2, 0) is 6.61 Å². The third-order valence-corrected chi connectivity index (χ3v) is 3.80. The second-order valence-corrected chi connectivity index (χ2v) is 5.68. The van der Waals surface area contributed by atoms with Gasteiger partial charge in [-0.3, -0.25) is 4.79 Å². The maximum absolute atomic E-state index is 12.5. The number of nitrogens with one attached hydrogen (secondary N) is 1. The van der Waals surface area contributed by atoms with E-state index in [1.54, 1.807) is 6.07 Å². The highest BCUT2D eigenvalue weighted by molar-refractivity contribution is 5.95. The van der Waals surface area contributed by atoms with Gasteiger partial charge in [0.1, 0.15) is 24.7 Å². The van der Waals surface area contributed by atoms with Gasteiger partial charge in [-0.25, -0.2) is 0 Å². The standard InChI is InChI=1S/C22H21NO3/c24-22(23-15-16-25-19-10-3-1-4-11-19)21-14-8-7-9-18(21)17-26-20-12-5-2-6-13-20/h1-14H,15-17H2,(H,23,24). The summed E-state index contributed by atoms with van der Waals surface area (Å²) in [6.45, 7) is 1.19. The van der Waals surface area contributed by atoms with Crippen LogP contribution < -0.4 is 14.8 Å². The Morgan fingerprint density at radius 3 is 2.00 bits per heavy atom. The van der Waals surface area contributed by atoms with Crippen LogP contribution in [0.1, 0.15) is 15.9 Å². The van der Waals surface area contributed by atoms with Gasteiger partial charge >= 0.3 is 0 Å². The van der Waals surface area contributed by atoms with E-state index in [1.807, 2.05) is 78.9 Å². The number of rotatable bonds is 8. The van der Waals surface area contributed by atoms with E-state index in [1.165, 1.54) is 0 Å². The molecular formula is C22H21NO3. The Kier molecular flexibility index (Phi) is 6.26. The van der Waals surface area contributed by atoms with Crippen LogP contribution in [0.3, 0.4) is 0 Å². The van der Waals surface area contributed by atoms with E-state index in [9.17, 15) is 4.79 Å². The number of para-hydroxylation sites is 2. The molecule has 0 aliphatic carbocycles. The van der Waals surface area contributed by atoms with Crippen molar-refractivity contribution in [1.29, 1.82) is 0 Å². The lowest BCUT2D eigenvalue weighted by Gasteiger charge is -2.12. The van der Waals surface area contributed by atoms with Gasteiger partial charge in [0.15, 0.2) is 0 Å². The summed E-state index contributed by atoms with van der Waals surface area (Å²) in [5.41, 5.74) is 1.46. The minimum absolute atomic E-state index is 0.131. The van der Waals surface area contributed by atoms with E-state index in [0.717, 1.165) is 17.1 Å². The summed E-state index contributed by atoms with van der Waals surface area (Å²) < 4.78 is 11.4. The number of hydrogen-bond acceptors (Lipinski definition) is 3. The molecule has 3 rings (SSSR count). The molecule has 0 radical (unpaired) electrons. The molecule has 0 saturated heterocycles. The van der Waals surface area contributed by atoms with Gasteiger partial charge in [0.2, 0.25) is 0 Å². The average Bonchev–Trinajstić information content (AvgIpc) is 2.71. The summed E-state index contributed by atoms with van der Waals surface area (Å²) in [5.74, 6) is 1.44. The number of amides is 1. The highest BCUT2D eigenvalue weighted by atomic mass is 16.5. The fourth-order valence-electron chi connectivity index (χ4n) is 2.49. The molecule has 0 atom stereocenters. The molecule has 0 bridgehead atoms. The molecule has 0 saturated carbocycles. The van der Waals surface area contributed by atoms with Crippen molar-refractivity contribution in [3.63, 3.8) is 0 Å². The quantitative estimate of drug-likeness (QED) is 0.625. The first kappa shape index (κ1) is 17.5. The summed E-state index contributed by atoms with van der Waals surface area (Å²) in [4.78, 5) is 12.5. The van der Waals surface area contributed by atoms with E-state index in [-0.39, 0.29) is 5.91 Å². The Labute approximate surface area is 153 Å². The maximum atomic E-state index is 12.5.